The second kappa shape index (κ2) is 9.39. The van der Waals surface area contributed by atoms with Gasteiger partial charge < -0.3 is 15.4 Å². The predicted molar refractivity (Wildman–Crippen MR) is 92.6 cm³/mol. The van der Waals surface area contributed by atoms with E-state index < -0.39 is 0 Å². The first kappa shape index (κ1) is 18.4. The second-order valence-electron chi connectivity index (χ2n) is 6.11. The van der Waals surface area contributed by atoms with Gasteiger partial charge in [-0.1, -0.05) is 29.8 Å². The second-order valence-corrected chi connectivity index (χ2v) is 6.11. The Morgan fingerprint density at radius 1 is 1.17 bits per heavy atom. The summed E-state index contributed by atoms with van der Waals surface area (Å²) in [5.41, 5.74) is 2.42. The quantitative estimate of drug-likeness (QED) is 0.781. The minimum absolute atomic E-state index is 0.0471. The zero-order chi connectivity index (χ0) is 17.4. The molecule has 2 N–H and O–H groups in total. The molecule has 24 heavy (non-hydrogen) atoms. The highest BCUT2D eigenvalue weighted by atomic mass is 16.5. The number of amides is 2. The van der Waals surface area contributed by atoms with Crippen LogP contribution in [-0.2, 0) is 14.3 Å². The largest absolute Gasteiger partial charge is 0.379 e. The first-order valence-electron chi connectivity index (χ1n) is 8.46. The van der Waals surface area contributed by atoms with Crippen molar-refractivity contribution in [3.8, 4) is 0 Å². The molecule has 1 atom stereocenters. The standard InChI is InChI=1S/C18H27N3O3/c1-14-3-5-16(6-4-14)17(21-9-11-24-12-10-21)13-20-18(23)7-8-19-15(2)22/h3-6,17H,7-13H2,1-2H3,(H,19,22)(H,20,23). The summed E-state index contributed by atoms with van der Waals surface area (Å²) in [5.74, 6) is -0.164. The molecule has 1 fully saturated rings. The van der Waals surface area contributed by atoms with E-state index in [9.17, 15) is 9.59 Å². The summed E-state index contributed by atoms with van der Waals surface area (Å²) in [7, 11) is 0. The molecule has 1 aromatic rings. The summed E-state index contributed by atoms with van der Waals surface area (Å²) >= 11 is 0. The van der Waals surface area contributed by atoms with E-state index in [0.717, 1.165) is 26.3 Å². The van der Waals surface area contributed by atoms with Crippen LogP contribution in [0.3, 0.4) is 0 Å². The van der Waals surface area contributed by atoms with Crippen LogP contribution in [0.2, 0.25) is 0 Å². The van der Waals surface area contributed by atoms with E-state index in [2.05, 4.69) is 46.7 Å². The number of aryl methyl sites for hydroxylation is 1. The summed E-state index contributed by atoms with van der Waals surface area (Å²) < 4.78 is 5.44. The van der Waals surface area contributed by atoms with Gasteiger partial charge in [-0.2, -0.15) is 0 Å². The highest BCUT2D eigenvalue weighted by Crippen LogP contribution is 2.21. The fourth-order valence-electron chi connectivity index (χ4n) is 2.79. The van der Waals surface area contributed by atoms with Crippen LogP contribution >= 0.6 is 0 Å². The zero-order valence-electron chi connectivity index (χ0n) is 14.5. The highest BCUT2D eigenvalue weighted by Gasteiger charge is 2.23. The van der Waals surface area contributed by atoms with Crippen LogP contribution in [0.15, 0.2) is 24.3 Å². The molecule has 132 valence electrons. The van der Waals surface area contributed by atoms with Gasteiger partial charge in [-0.25, -0.2) is 0 Å². The molecule has 0 saturated carbocycles. The Bertz CT molecular complexity index is 539. The Labute approximate surface area is 143 Å². The molecule has 1 aliphatic heterocycles. The van der Waals surface area contributed by atoms with Gasteiger partial charge in [-0.05, 0) is 12.5 Å². The normalized spacial score (nSPS) is 16.4. The lowest BCUT2D eigenvalue weighted by atomic mass is 10.0. The van der Waals surface area contributed by atoms with Crippen molar-refractivity contribution in [3.05, 3.63) is 35.4 Å². The molecular formula is C18H27N3O3. The molecule has 2 amide bonds. The number of nitrogens with zero attached hydrogens (tertiary/aromatic N) is 1. The van der Waals surface area contributed by atoms with Crippen molar-refractivity contribution in [3.63, 3.8) is 0 Å². The first-order valence-corrected chi connectivity index (χ1v) is 8.46. The molecule has 1 saturated heterocycles. The van der Waals surface area contributed by atoms with Crippen molar-refractivity contribution in [2.45, 2.75) is 26.3 Å². The van der Waals surface area contributed by atoms with Gasteiger partial charge in [0.1, 0.15) is 0 Å². The number of hydrogen-bond donors (Lipinski definition) is 2. The molecule has 1 heterocycles. The summed E-state index contributed by atoms with van der Waals surface area (Å²) in [6.45, 7) is 7.61. The van der Waals surface area contributed by atoms with Crippen LogP contribution in [0, 0.1) is 6.92 Å². The SMILES string of the molecule is CC(=O)NCCC(=O)NCC(c1ccc(C)cc1)N1CCOCC1. The van der Waals surface area contributed by atoms with Crippen LogP contribution in [-0.4, -0.2) is 56.1 Å². The maximum atomic E-state index is 12.0. The molecular weight excluding hydrogens is 306 g/mol. The van der Waals surface area contributed by atoms with Crippen molar-refractivity contribution in [1.82, 2.24) is 15.5 Å². The minimum Gasteiger partial charge on any atom is -0.379 e. The van der Waals surface area contributed by atoms with Gasteiger partial charge >= 0.3 is 0 Å². The fourth-order valence-corrected chi connectivity index (χ4v) is 2.79. The number of nitrogens with one attached hydrogen (secondary N) is 2. The molecule has 2 rings (SSSR count). The Kier molecular flexibility index (Phi) is 7.21. The number of carbonyl (C=O) groups is 2. The molecule has 0 bridgehead atoms. The smallest absolute Gasteiger partial charge is 0.221 e. The van der Waals surface area contributed by atoms with Gasteiger partial charge in [0.25, 0.3) is 0 Å². The summed E-state index contributed by atoms with van der Waals surface area (Å²) in [6, 6.07) is 8.58. The lowest BCUT2D eigenvalue weighted by Gasteiger charge is -2.35. The van der Waals surface area contributed by atoms with E-state index >= 15 is 0 Å². The van der Waals surface area contributed by atoms with Crippen LogP contribution in [0.4, 0.5) is 0 Å². The van der Waals surface area contributed by atoms with E-state index in [4.69, 9.17) is 4.74 Å². The minimum atomic E-state index is -0.117. The van der Waals surface area contributed by atoms with Gasteiger partial charge in [0.2, 0.25) is 11.8 Å². The number of hydrogen-bond acceptors (Lipinski definition) is 4. The number of ether oxygens (including phenoxy) is 1. The van der Waals surface area contributed by atoms with Crippen LogP contribution in [0.25, 0.3) is 0 Å². The summed E-state index contributed by atoms with van der Waals surface area (Å²) in [5, 5.41) is 5.63. The van der Waals surface area contributed by atoms with E-state index in [-0.39, 0.29) is 17.9 Å². The molecule has 0 aliphatic carbocycles. The van der Waals surface area contributed by atoms with Crippen molar-refractivity contribution in [2.24, 2.45) is 0 Å². The average molecular weight is 333 g/mol. The molecule has 1 aliphatic rings. The third kappa shape index (κ3) is 5.94. The Morgan fingerprint density at radius 3 is 2.46 bits per heavy atom. The van der Waals surface area contributed by atoms with Crippen molar-refractivity contribution in [1.29, 1.82) is 0 Å². The Morgan fingerprint density at radius 2 is 1.83 bits per heavy atom. The van der Waals surface area contributed by atoms with Crippen LogP contribution in [0.5, 0.6) is 0 Å². The number of carbonyl (C=O) groups excluding carboxylic acids is 2. The lowest BCUT2D eigenvalue weighted by Crippen LogP contribution is -2.44. The van der Waals surface area contributed by atoms with Gasteiger partial charge in [0.05, 0.1) is 19.3 Å². The maximum Gasteiger partial charge on any atom is 0.221 e. The summed E-state index contributed by atoms with van der Waals surface area (Å²) in [4.78, 5) is 25.2. The molecule has 0 spiro atoms. The van der Waals surface area contributed by atoms with Gasteiger partial charge in [-0.15, -0.1) is 0 Å². The fraction of sp³-hybridized carbons (Fsp3) is 0.556. The van der Waals surface area contributed by atoms with Crippen molar-refractivity contribution >= 4 is 11.8 Å². The van der Waals surface area contributed by atoms with E-state index in [0.29, 0.717) is 19.5 Å². The summed E-state index contributed by atoms with van der Waals surface area (Å²) in [6.07, 6.45) is 0.295. The van der Waals surface area contributed by atoms with Gasteiger partial charge in [0.15, 0.2) is 0 Å². The zero-order valence-corrected chi connectivity index (χ0v) is 14.5. The van der Waals surface area contributed by atoms with Crippen LogP contribution in [0.1, 0.15) is 30.5 Å². The highest BCUT2D eigenvalue weighted by molar-refractivity contribution is 5.77. The third-order valence-corrected chi connectivity index (χ3v) is 4.17. The van der Waals surface area contributed by atoms with E-state index in [1.807, 2.05) is 0 Å². The van der Waals surface area contributed by atoms with Gasteiger partial charge in [-0.3, -0.25) is 14.5 Å². The molecule has 0 aromatic heterocycles. The van der Waals surface area contributed by atoms with E-state index in [1.54, 1.807) is 0 Å². The molecule has 1 unspecified atom stereocenters. The van der Waals surface area contributed by atoms with E-state index in [1.165, 1.54) is 18.1 Å². The maximum absolute atomic E-state index is 12.0. The topological polar surface area (TPSA) is 70.7 Å². The predicted octanol–water partition coefficient (Wildman–Crippen LogP) is 1.01. The van der Waals surface area contributed by atoms with Crippen LogP contribution < -0.4 is 10.6 Å². The Balaban J connectivity index is 1.94. The van der Waals surface area contributed by atoms with Crippen molar-refractivity contribution in [2.75, 3.05) is 39.4 Å². The van der Waals surface area contributed by atoms with Crippen molar-refractivity contribution < 1.29 is 14.3 Å². The Hall–Kier alpha value is -1.92. The molecule has 1 aromatic carbocycles. The number of morpholine rings is 1. The lowest BCUT2D eigenvalue weighted by molar-refractivity contribution is -0.121. The molecule has 0 radical (unpaired) electrons. The third-order valence-electron chi connectivity index (χ3n) is 4.17. The molecule has 6 nitrogen and oxygen atoms in total. The molecule has 6 heteroatoms. The van der Waals surface area contributed by atoms with Gasteiger partial charge in [0, 0.05) is 39.5 Å². The number of benzene rings is 1. The first-order chi connectivity index (χ1) is 11.6. The average Bonchev–Trinajstić information content (AvgIpc) is 2.57. The number of rotatable bonds is 7. The monoisotopic (exact) mass is 333 g/mol.